The quantitative estimate of drug-likeness (QED) is 0.746. The van der Waals surface area contributed by atoms with E-state index in [9.17, 15) is 4.79 Å². The van der Waals surface area contributed by atoms with Crippen LogP contribution in [0.5, 0.6) is 0 Å². The van der Waals surface area contributed by atoms with E-state index in [-0.39, 0.29) is 18.3 Å². The molecule has 0 bridgehead atoms. The van der Waals surface area contributed by atoms with Crippen molar-refractivity contribution in [2.45, 2.75) is 45.2 Å². The molecule has 16 heavy (non-hydrogen) atoms. The summed E-state index contributed by atoms with van der Waals surface area (Å²) in [5.74, 6) is 1.87. The number of carbonyl (C=O) groups is 1. The van der Waals surface area contributed by atoms with Crippen LogP contribution >= 0.6 is 24.2 Å². The number of carbonyl (C=O) groups excluding carboxylic acids is 1. The number of nitrogens with one attached hydrogen (secondary N) is 2. The van der Waals surface area contributed by atoms with Crippen LogP contribution in [0.25, 0.3) is 0 Å². The molecule has 3 nitrogen and oxygen atoms in total. The largest absolute Gasteiger partial charge is 0.351 e. The van der Waals surface area contributed by atoms with Gasteiger partial charge in [-0.2, -0.15) is 11.8 Å². The molecule has 96 valence electrons. The predicted molar refractivity (Wildman–Crippen MR) is 73.5 cm³/mol. The lowest BCUT2D eigenvalue weighted by molar-refractivity contribution is -0.119. The van der Waals surface area contributed by atoms with Crippen molar-refractivity contribution >= 4 is 30.1 Å². The molecule has 0 spiro atoms. The Labute approximate surface area is 109 Å². The van der Waals surface area contributed by atoms with Crippen molar-refractivity contribution in [3.05, 3.63) is 0 Å². The molecule has 2 atom stereocenters. The third-order valence-electron chi connectivity index (χ3n) is 2.69. The van der Waals surface area contributed by atoms with Crippen molar-refractivity contribution in [2.24, 2.45) is 0 Å². The van der Waals surface area contributed by atoms with E-state index >= 15 is 0 Å². The highest BCUT2D eigenvalue weighted by molar-refractivity contribution is 7.99. The normalized spacial score (nSPS) is 24.6. The minimum Gasteiger partial charge on any atom is -0.351 e. The first-order valence-corrected chi connectivity index (χ1v) is 7.00. The smallest absolute Gasteiger partial charge is 0.230 e. The molecule has 2 N–H and O–H groups in total. The molecule has 1 saturated heterocycles. The van der Waals surface area contributed by atoms with Gasteiger partial charge in [0.1, 0.15) is 0 Å². The molecule has 1 aliphatic rings. The molecule has 2 unspecified atom stereocenters. The van der Waals surface area contributed by atoms with Crippen LogP contribution in [0.15, 0.2) is 0 Å². The highest BCUT2D eigenvalue weighted by Crippen LogP contribution is 2.09. The molecule has 0 aromatic heterocycles. The molecule has 0 aliphatic carbocycles. The molecule has 1 rings (SSSR count). The number of amides is 1. The monoisotopic (exact) mass is 266 g/mol. The lowest BCUT2D eigenvalue weighted by Gasteiger charge is -2.30. The van der Waals surface area contributed by atoms with Gasteiger partial charge in [0.15, 0.2) is 0 Å². The summed E-state index contributed by atoms with van der Waals surface area (Å²) in [7, 11) is 0. The van der Waals surface area contributed by atoms with Crippen LogP contribution in [0.1, 0.15) is 33.1 Å². The van der Waals surface area contributed by atoms with Crippen LogP contribution in [0, 0.1) is 0 Å². The van der Waals surface area contributed by atoms with E-state index < -0.39 is 0 Å². The number of hydrogen-bond donors (Lipinski definition) is 2. The topological polar surface area (TPSA) is 41.1 Å². The summed E-state index contributed by atoms with van der Waals surface area (Å²) in [4.78, 5) is 11.6. The van der Waals surface area contributed by atoms with Crippen LogP contribution < -0.4 is 10.6 Å². The van der Waals surface area contributed by atoms with Gasteiger partial charge in [0, 0.05) is 12.1 Å². The van der Waals surface area contributed by atoms with E-state index in [0.717, 1.165) is 31.6 Å². The van der Waals surface area contributed by atoms with Gasteiger partial charge in [-0.1, -0.05) is 6.92 Å². The van der Waals surface area contributed by atoms with Gasteiger partial charge < -0.3 is 10.6 Å². The zero-order valence-corrected chi connectivity index (χ0v) is 11.8. The van der Waals surface area contributed by atoms with E-state index in [1.54, 1.807) is 11.8 Å². The number of piperidine rings is 1. The van der Waals surface area contributed by atoms with Crippen LogP contribution in [0.3, 0.4) is 0 Å². The van der Waals surface area contributed by atoms with Crippen molar-refractivity contribution in [3.8, 4) is 0 Å². The first-order valence-electron chi connectivity index (χ1n) is 5.84. The van der Waals surface area contributed by atoms with Crippen LogP contribution in [-0.4, -0.2) is 36.0 Å². The maximum absolute atomic E-state index is 11.6. The van der Waals surface area contributed by atoms with Gasteiger partial charge in [0.25, 0.3) is 0 Å². The molecule has 0 radical (unpaired) electrons. The first kappa shape index (κ1) is 16.1. The van der Waals surface area contributed by atoms with Crippen molar-refractivity contribution in [1.82, 2.24) is 10.6 Å². The molecular weight excluding hydrogens is 244 g/mol. The maximum Gasteiger partial charge on any atom is 0.230 e. The zero-order valence-electron chi connectivity index (χ0n) is 10.1. The Morgan fingerprint density at radius 3 is 2.94 bits per heavy atom. The number of thioether (sulfide) groups is 1. The lowest BCUT2D eigenvalue weighted by Crippen LogP contribution is -2.52. The predicted octanol–water partition coefficient (Wildman–Crippen LogP) is 1.81. The van der Waals surface area contributed by atoms with Gasteiger partial charge in [-0.3, -0.25) is 4.79 Å². The molecular formula is C11H23ClN2OS. The van der Waals surface area contributed by atoms with E-state index in [1.807, 2.05) is 0 Å². The molecule has 1 aliphatic heterocycles. The zero-order chi connectivity index (χ0) is 11.1. The molecule has 1 heterocycles. The number of halogens is 1. The average molecular weight is 267 g/mol. The Morgan fingerprint density at radius 2 is 2.31 bits per heavy atom. The molecule has 1 amide bonds. The third kappa shape index (κ3) is 5.97. The fourth-order valence-corrected chi connectivity index (χ4v) is 2.50. The molecule has 5 heteroatoms. The highest BCUT2D eigenvalue weighted by atomic mass is 35.5. The van der Waals surface area contributed by atoms with Crippen molar-refractivity contribution in [1.29, 1.82) is 0 Å². The minimum absolute atomic E-state index is 0. The van der Waals surface area contributed by atoms with E-state index in [4.69, 9.17) is 0 Å². The molecule has 0 saturated carbocycles. The summed E-state index contributed by atoms with van der Waals surface area (Å²) in [6, 6.07) is 0.743. The van der Waals surface area contributed by atoms with E-state index in [2.05, 4.69) is 24.5 Å². The second kappa shape index (κ2) is 9.14. The van der Waals surface area contributed by atoms with Crippen LogP contribution in [0.4, 0.5) is 0 Å². The summed E-state index contributed by atoms with van der Waals surface area (Å²) in [6.07, 6.45) is 3.41. The maximum atomic E-state index is 11.6. The summed E-state index contributed by atoms with van der Waals surface area (Å²) >= 11 is 1.72. The van der Waals surface area contributed by atoms with Gasteiger partial charge in [-0.15, -0.1) is 12.4 Å². The SMILES string of the molecule is CCCSCC(=O)NC1CCCNC1C.Cl. The Balaban J connectivity index is 0.00000225. The van der Waals surface area contributed by atoms with Crippen LogP contribution in [-0.2, 0) is 4.79 Å². The average Bonchev–Trinajstić information content (AvgIpc) is 2.22. The molecule has 1 fully saturated rings. The fraction of sp³-hybridized carbons (Fsp3) is 0.909. The Kier molecular flexibility index (Phi) is 9.18. The second-order valence-corrected chi connectivity index (χ2v) is 5.22. The number of hydrogen-bond acceptors (Lipinski definition) is 3. The number of rotatable bonds is 5. The summed E-state index contributed by atoms with van der Waals surface area (Å²) in [6.45, 7) is 5.36. The van der Waals surface area contributed by atoms with E-state index in [1.165, 1.54) is 0 Å². The van der Waals surface area contributed by atoms with Gasteiger partial charge in [0.2, 0.25) is 5.91 Å². The van der Waals surface area contributed by atoms with Gasteiger partial charge in [-0.25, -0.2) is 0 Å². The minimum atomic E-state index is 0. The fourth-order valence-electron chi connectivity index (χ4n) is 1.80. The first-order chi connectivity index (χ1) is 7.24. The highest BCUT2D eigenvalue weighted by Gasteiger charge is 2.21. The van der Waals surface area contributed by atoms with E-state index in [0.29, 0.717) is 17.8 Å². The van der Waals surface area contributed by atoms with Gasteiger partial charge in [-0.05, 0) is 38.5 Å². The molecule has 0 aromatic rings. The summed E-state index contributed by atoms with van der Waals surface area (Å²) < 4.78 is 0. The third-order valence-corrected chi connectivity index (χ3v) is 3.85. The standard InChI is InChI=1S/C11H22N2OS.ClH/c1-3-7-15-8-11(14)13-10-5-4-6-12-9(10)2;/h9-10,12H,3-8H2,1-2H3,(H,13,14);1H. The van der Waals surface area contributed by atoms with Gasteiger partial charge in [0.05, 0.1) is 5.75 Å². The lowest BCUT2D eigenvalue weighted by atomic mass is 10.00. The summed E-state index contributed by atoms with van der Waals surface area (Å²) in [5, 5.41) is 6.49. The van der Waals surface area contributed by atoms with Gasteiger partial charge >= 0.3 is 0 Å². The van der Waals surface area contributed by atoms with Crippen LogP contribution in [0.2, 0.25) is 0 Å². The Hall–Kier alpha value is 0.0700. The second-order valence-electron chi connectivity index (χ2n) is 4.11. The Bertz CT molecular complexity index is 204. The van der Waals surface area contributed by atoms with Crippen molar-refractivity contribution in [3.63, 3.8) is 0 Å². The summed E-state index contributed by atoms with van der Waals surface area (Å²) in [5.41, 5.74) is 0. The van der Waals surface area contributed by atoms with Crippen molar-refractivity contribution < 1.29 is 4.79 Å². The molecule has 0 aromatic carbocycles. The Morgan fingerprint density at radius 1 is 1.56 bits per heavy atom. The van der Waals surface area contributed by atoms with Crippen molar-refractivity contribution in [2.75, 3.05) is 18.1 Å².